The van der Waals surface area contributed by atoms with Gasteiger partial charge in [0, 0.05) is 11.4 Å². The third kappa shape index (κ3) is 3.34. The number of benzene rings is 1. The maximum absolute atomic E-state index is 13.8. The molecule has 0 N–H and O–H groups in total. The molecule has 27 heavy (non-hydrogen) atoms. The van der Waals surface area contributed by atoms with Crippen molar-refractivity contribution in [2.75, 3.05) is 5.75 Å². The first-order valence-corrected chi connectivity index (χ1v) is 10.9. The smallest absolute Gasteiger partial charge is 0.263 e. The number of aryl methyl sites for hydroxylation is 2. The monoisotopic (exact) mass is 402 g/mol. The van der Waals surface area contributed by atoms with Gasteiger partial charge in [0.2, 0.25) is 0 Å². The van der Waals surface area contributed by atoms with Gasteiger partial charge in [-0.3, -0.25) is 14.2 Å². The van der Waals surface area contributed by atoms with Crippen LogP contribution in [-0.2, 0) is 19.4 Å². The van der Waals surface area contributed by atoms with E-state index in [-0.39, 0.29) is 22.7 Å². The van der Waals surface area contributed by atoms with Crippen LogP contribution in [0.15, 0.2) is 34.2 Å². The molecule has 0 saturated heterocycles. The lowest BCUT2D eigenvalue weighted by molar-refractivity contribution is 0.101. The van der Waals surface area contributed by atoms with Crippen molar-refractivity contribution >= 4 is 39.1 Å². The molecule has 0 atom stereocenters. The molecular weight excluding hydrogens is 383 g/mol. The van der Waals surface area contributed by atoms with E-state index < -0.39 is 5.82 Å². The van der Waals surface area contributed by atoms with E-state index in [4.69, 9.17) is 4.98 Å². The Morgan fingerprint density at radius 3 is 2.93 bits per heavy atom. The molecule has 4 nitrogen and oxygen atoms in total. The van der Waals surface area contributed by atoms with Crippen molar-refractivity contribution in [1.29, 1.82) is 0 Å². The summed E-state index contributed by atoms with van der Waals surface area (Å²) in [6.45, 7) is 2.57. The number of Topliss-reactive ketones (excluding diaryl/α,β-unsaturated/α-hetero) is 1. The molecule has 140 valence electrons. The van der Waals surface area contributed by atoms with Gasteiger partial charge in [0.25, 0.3) is 5.56 Å². The Bertz CT molecular complexity index is 1090. The molecule has 2 aromatic heterocycles. The number of aromatic nitrogens is 2. The zero-order valence-corrected chi connectivity index (χ0v) is 16.6. The third-order valence-corrected chi connectivity index (χ3v) is 6.91. The molecule has 0 unspecified atom stereocenters. The van der Waals surface area contributed by atoms with Gasteiger partial charge in [-0.25, -0.2) is 9.37 Å². The Kier molecular flexibility index (Phi) is 5.14. The summed E-state index contributed by atoms with van der Waals surface area (Å²) >= 11 is 2.80. The largest absolute Gasteiger partial charge is 0.293 e. The predicted octanol–water partition coefficient (Wildman–Crippen LogP) is 4.47. The highest BCUT2D eigenvalue weighted by molar-refractivity contribution is 7.99. The molecule has 2 heterocycles. The number of ketones is 1. The predicted molar refractivity (Wildman–Crippen MR) is 108 cm³/mol. The second kappa shape index (κ2) is 7.56. The highest BCUT2D eigenvalue weighted by Gasteiger charge is 2.23. The number of thioether (sulfide) groups is 1. The molecule has 1 aromatic carbocycles. The highest BCUT2D eigenvalue weighted by Crippen LogP contribution is 2.35. The van der Waals surface area contributed by atoms with Gasteiger partial charge in [-0.15, -0.1) is 11.3 Å². The summed E-state index contributed by atoms with van der Waals surface area (Å²) in [5.74, 6) is -0.774. The molecule has 0 amide bonds. The number of hydrogen-bond donors (Lipinski definition) is 0. The average molecular weight is 403 g/mol. The van der Waals surface area contributed by atoms with Gasteiger partial charge < -0.3 is 0 Å². The fourth-order valence-corrected chi connectivity index (χ4v) is 5.70. The van der Waals surface area contributed by atoms with Crippen LogP contribution in [0.1, 0.15) is 40.6 Å². The molecule has 0 aliphatic heterocycles. The van der Waals surface area contributed by atoms with E-state index in [1.54, 1.807) is 28.0 Å². The fourth-order valence-electron chi connectivity index (χ4n) is 3.48. The van der Waals surface area contributed by atoms with Crippen LogP contribution < -0.4 is 5.56 Å². The van der Waals surface area contributed by atoms with Crippen molar-refractivity contribution in [1.82, 2.24) is 9.55 Å². The zero-order valence-electron chi connectivity index (χ0n) is 15.0. The Morgan fingerprint density at radius 2 is 2.15 bits per heavy atom. The van der Waals surface area contributed by atoms with Gasteiger partial charge in [0.1, 0.15) is 10.6 Å². The van der Waals surface area contributed by atoms with Crippen LogP contribution >= 0.6 is 23.1 Å². The Morgan fingerprint density at radius 1 is 1.33 bits per heavy atom. The second-order valence-electron chi connectivity index (χ2n) is 6.58. The molecule has 4 rings (SSSR count). The lowest BCUT2D eigenvalue weighted by Gasteiger charge is -2.11. The van der Waals surface area contributed by atoms with E-state index >= 15 is 0 Å². The second-order valence-corrected chi connectivity index (χ2v) is 8.61. The summed E-state index contributed by atoms with van der Waals surface area (Å²) in [5, 5.41) is 1.30. The summed E-state index contributed by atoms with van der Waals surface area (Å²) in [5.41, 5.74) is 1.23. The number of carbonyl (C=O) groups is 1. The summed E-state index contributed by atoms with van der Waals surface area (Å²) in [6.07, 6.45) is 3.85. The van der Waals surface area contributed by atoms with Crippen molar-refractivity contribution < 1.29 is 9.18 Å². The lowest BCUT2D eigenvalue weighted by atomic mass is 10.1. The average Bonchev–Trinajstić information content (AvgIpc) is 3.23. The SMILES string of the molecule is CCCn1c(SCC(=O)c2ccccc2F)nc2sc3c(c2c1=O)CCC3. The van der Waals surface area contributed by atoms with Crippen molar-refractivity contribution in [2.45, 2.75) is 44.3 Å². The normalized spacial score (nSPS) is 13.3. The number of nitrogens with zero attached hydrogens (tertiary/aromatic N) is 2. The van der Waals surface area contributed by atoms with Gasteiger partial charge in [-0.05, 0) is 43.4 Å². The Balaban J connectivity index is 1.69. The van der Waals surface area contributed by atoms with E-state index in [1.807, 2.05) is 6.92 Å². The van der Waals surface area contributed by atoms with E-state index in [1.165, 1.54) is 28.8 Å². The molecular formula is C20H19FN2O2S2. The van der Waals surface area contributed by atoms with Gasteiger partial charge in [0.15, 0.2) is 10.9 Å². The number of carbonyl (C=O) groups excluding carboxylic acids is 1. The van der Waals surface area contributed by atoms with E-state index in [2.05, 4.69) is 0 Å². The minimum Gasteiger partial charge on any atom is -0.293 e. The fraction of sp³-hybridized carbons (Fsp3) is 0.350. The number of thiophene rings is 1. The summed E-state index contributed by atoms with van der Waals surface area (Å²) in [7, 11) is 0. The maximum atomic E-state index is 13.8. The van der Waals surface area contributed by atoms with Crippen LogP contribution in [0.2, 0.25) is 0 Å². The van der Waals surface area contributed by atoms with E-state index in [9.17, 15) is 14.0 Å². The molecule has 0 spiro atoms. The topological polar surface area (TPSA) is 52.0 Å². The van der Waals surface area contributed by atoms with Crippen LogP contribution in [0, 0.1) is 5.82 Å². The first-order valence-electron chi connectivity index (χ1n) is 9.05. The van der Waals surface area contributed by atoms with Crippen LogP contribution in [-0.4, -0.2) is 21.1 Å². The van der Waals surface area contributed by atoms with Crippen LogP contribution in [0.3, 0.4) is 0 Å². The first-order chi connectivity index (χ1) is 13.1. The van der Waals surface area contributed by atoms with Gasteiger partial charge in [-0.1, -0.05) is 30.8 Å². The van der Waals surface area contributed by atoms with Crippen LogP contribution in [0.4, 0.5) is 4.39 Å². The molecule has 0 radical (unpaired) electrons. The molecule has 0 bridgehead atoms. The Labute approximate surface area is 164 Å². The van der Waals surface area contributed by atoms with Gasteiger partial charge >= 0.3 is 0 Å². The van der Waals surface area contributed by atoms with E-state index in [0.29, 0.717) is 11.7 Å². The minimum atomic E-state index is -0.521. The number of rotatable bonds is 6. The summed E-state index contributed by atoms with van der Waals surface area (Å²) in [4.78, 5) is 32.2. The summed E-state index contributed by atoms with van der Waals surface area (Å²) < 4.78 is 15.5. The number of hydrogen-bond acceptors (Lipinski definition) is 5. The molecule has 0 saturated carbocycles. The minimum absolute atomic E-state index is 0.0120. The molecule has 1 aliphatic rings. The first kappa shape index (κ1) is 18.4. The zero-order chi connectivity index (χ0) is 19.0. The van der Waals surface area contributed by atoms with Crippen LogP contribution in [0.5, 0.6) is 0 Å². The highest BCUT2D eigenvalue weighted by atomic mass is 32.2. The molecule has 7 heteroatoms. The maximum Gasteiger partial charge on any atom is 0.263 e. The quantitative estimate of drug-likeness (QED) is 0.347. The van der Waals surface area contributed by atoms with Crippen molar-refractivity contribution in [2.24, 2.45) is 0 Å². The van der Waals surface area contributed by atoms with Crippen molar-refractivity contribution in [3.63, 3.8) is 0 Å². The number of fused-ring (bicyclic) bond motifs is 3. The lowest BCUT2D eigenvalue weighted by Crippen LogP contribution is -2.23. The molecule has 1 aliphatic carbocycles. The summed E-state index contributed by atoms with van der Waals surface area (Å²) in [6, 6.07) is 5.97. The molecule has 3 aromatic rings. The van der Waals surface area contributed by atoms with Gasteiger partial charge in [-0.2, -0.15) is 0 Å². The van der Waals surface area contributed by atoms with Crippen LogP contribution in [0.25, 0.3) is 10.2 Å². The third-order valence-electron chi connectivity index (χ3n) is 4.74. The van der Waals surface area contributed by atoms with Gasteiger partial charge in [0.05, 0.1) is 16.7 Å². The van der Waals surface area contributed by atoms with E-state index in [0.717, 1.165) is 41.5 Å². The van der Waals surface area contributed by atoms with Crippen molar-refractivity contribution in [3.05, 3.63) is 56.4 Å². The number of halogens is 1. The molecule has 0 fully saturated rings. The Hall–Kier alpha value is -1.99. The standard InChI is InChI=1S/C20H19FN2O2S2/c1-2-10-23-19(25)17-13-7-5-9-16(13)27-18(17)22-20(23)26-11-15(24)12-6-3-4-8-14(12)21/h3-4,6,8H,2,5,7,9-11H2,1H3. The van der Waals surface area contributed by atoms with Crippen molar-refractivity contribution in [3.8, 4) is 0 Å².